The van der Waals surface area contributed by atoms with Crippen molar-refractivity contribution in [2.45, 2.75) is 25.4 Å². The molecule has 0 bridgehead atoms. The van der Waals surface area contributed by atoms with E-state index in [0.717, 1.165) is 12.2 Å². The van der Waals surface area contributed by atoms with Crippen molar-refractivity contribution in [2.24, 2.45) is 5.92 Å². The van der Waals surface area contributed by atoms with E-state index in [1.807, 2.05) is 12.1 Å². The second-order valence-electron chi connectivity index (χ2n) is 5.05. The Balaban J connectivity index is 1.86. The van der Waals surface area contributed by atoms with Gasteiger partial charge in [-0.3, -0.25) is 4.98 Å². The van der Waals surface area contributed by atoms with E-state index >= 15 is 0 Å². The summed E-state index contributed by atoms with van der Waals surface area (Å²) in [6.07, 6.45) is 1.91. The minimum Gasteiger partial charge on any atom is -0.495 e. The summed E-state index contributed by atoms with van der Waals surface area (Å²) in [5.74, 6) is 3.22. The molecule has 0 amide bonds. The summed E-state index contributed by atoms with van der Waals surface area (Å²) in [6.45, 7) is 2.20. The summed E-state index contributed by atoms with van der Waals surface area (Å²) >= 11 is 0. The monoisotopic (exact) mass is 259 g/mol. The molecule has 1 aliphatic carbocycles. The van der Waals surface area contributed by atoms with E-state index in [2.05, 4.69) is 11.9 Å². The Bertz CT molecular complexity index is 578. The number of pyridine rings is 1. The number of aliphatic hydroxyl groups is 1. The molecule has 0 aliphatic heterocycles. The zero-order valence-corrected chi connectivity index (χ0v) is 11.0. The lowest BCUT2D eigenvalue weighted by Gasteiger charge is -2.11. The van der Waals surface area contributed by atoms with E-state index in [4.69, 9.17) is 9.15 Å². The fraction of sp³-hybridized carbons (Fsp3) is 0.400. The highest BCUT2D eigenvalue weighted by atomic mass is 16.5. The molecule has 1 saturated carbocycles. The van der Waals surface area contributed by atoms with Crippen LogP contribution in [0.3, 0.4) is 0 Å². The molecular formula is C15H17NO3. The molecule has 1 aliphatic rings. The van der Waals surface area contributed by atoms with Crippen LogP contribution in [0, 0.1) is 5.92 Å². The first-order chi connectivity index (χ1) is 9.20. The number of nitrogens with zero attached hydrogens (tertiary/aromatic N) is 1. The largest absolute Gasteiger partial charge is 0.495 e. The Hall–Kier alpha value is -1.81. The molecule has 3 atom stereocenters. The van der Waals surface area contributed by atoms with Gasteiger partial charge in [0.05, 0.1) is 7.11 Å². The molecule has 3 rings (SSSR count). The number of hydrogen-bond acceptors (Lipinski definition) is 4. The third-order valence-electron chi connectivity index (χ3n) is 3.67. The van der Waals surface area contributed by atoms with Crippen LogP contribution in [-0.4, -0.2) is 17.2 Å². The molecule has 19 heavy (non-hydrogen) atoms. The van der Waals surface area contributed by atoms with E-state index in [-0.39, 0.29) is 0 Å². The molecular weight excluding hydrogens is 242 g/mol. The lowest BCUT2D eigenvalue weighted by atomic mass is 10.1. The van der Waals surface area contributed by atoms with E-state index in [1.165, 1.54) is 0 Å². The highest BCUT2D eigenvalue weighted by Crippen LogP contribution is 2.47. The third kappa shape index (κ3) is 2.24. The van der Waals surface area contributed by atoms with Gasteiger partial charge < -0.3 is 14.3 Å². The average Bonchev–Trinajstić information content (AvgIpc) is 2.98. The standard InChI is InChI=1S/C15H17NO3/c1-9-8-10(9)11-5-6-13(19-11)15(17)14-12(18-2)4-3-7-16-14/h3-7,9-10,15,17H,8H2,1-2H3. The summed E-state index contributed by atoms with van der Waals surface area (Å²) in [6, 6.07) is 7.31. The smallest absolute Gasteiger partial charge is 0.157 e. The highest BCUT2D eigenvalue weighted by Gasteiger charge is 2.37. The number of hydrogen-bond donors (Lipinski definition) is 1. The van der Waals surface area contributed by atoms with Crippen molar-refractivity contribution >= 4 is 0 Å². The summed E-state index contributed by atoms with van der Waals surface area (Å²) in [7, 11) is 1.56. The van der Waals surface area contributed by atoms with Crippen LogP contribution < -0.4 is 4.74 Å². The van der Waals surface area contributed by atoms with Crippen molar-refractivity contribution in [1.29, 1.82) is 0 Å². The van der Waals surface area contributed by atoms with Crippen molar-refractivity contribution in [3.05, 3.63) is 47.7 Å². The predicted octanol–water partition coefficient (Wildman–Crippen LogP) is 2.89. The van der Waals surface area contributed by atoms with E-state index < -0.39 is 6.10 Å². The van der Waals surface area contributed by atoms with Gasteiger partial charge in [-0.15, -0.1) is 0 Å². The Morgan fingerprint density at radius 2 is 2.21 bits per heavy atom. The van der Waals surface area contributed by atoms with Gasteiger partial charge in [-0.05, 0) is 36.6 Å². The number of aliphatic hydroxyl groups excluding tert-OH is 1. The van der Waals surface area contributed by atoms with Crippen LogP contribution in [0.5, 0.6) is 5.75 Å². The molecule has 0 radical (unpaired) electrons. The topological polar surface area (TPSA) is 55.5 Å². The molecule has 3 unspecified atom stereocenters. The molecule has 4 nitrogen and oxygen atoms in total. The van der Waals surface area contributed by atoms with Gasteiger partial charge in [0.2, 0.25) is 0 Å². The van der Waals surface area contributed by atoms with Crippen LogP contribution in [0.25, 0.3) is 0 Å². The molecule has 0 spiro atoms. The maximum atomic E-state index is 10.3. The summed E-state index contributed by atoms with van der Waals surface area (Å²) in [4.78, 5) is 4.18. The summed E-state index contributed by atoms with van der Waals surface area (Å²) in [5, 5.41) is 10.3. The van der Waals surface area contributed by atoms with Crippen LogP contribution in [0.1, 0.15) is 42.6 Å². The molecule has 0 aromatic carbocycles. The van der Waals surface area contributed by atoms with Gasteiger partial charge in [0.1, 0.15) is 23.0 Å². The first-order valence-electron chi connectivity index (χ1n) is 6.47. The number of furan rings is 1. The van der Waals surface area contributed by atoms with Gasteiger partial charge in [-0.2, -0.15) is 0 Å². The lowest BCUT2D eigenvalue weighted by Crippen LogP contribution is -2.03. The van der Waals surface area contributed by atoms with E-state index in [9.17, 15) is 5.11 Å². The van der Waals surface area contributed by atoms with Crippen molar-refractivity contribution in [3.63, 3.8) is 0 Å². The minimum absolute atomic E-state index is 0.481. The Labute approximate surface area is 112 Å². The Morgan fingerprint density at radius 3 is 2.89 bits per heavy atom. The van der Waals surface area contributed by atoms with E-state index in [0.29, 0.717) is 29.0 Å². The molecule has 100 valence electrons. The normalized spacial score (nSPS) is 23.1. The lowest BCUT2D eigenvalue weighted by molar-refractivity contribution is 0.177. The van der Waals surface area contributed by atoms with Crippen LogP contribution in [-0.2, 0) is 0 Å². The highest BCUT2D eigenvalue weighted by molar-refractivity contribution is 5.33. The van der Waals surface area contributed by atoms with Gasteiger partial charge in [0, 0.05) is 12.1 Å². The van der Waals surface area contributed by atoms with Gasteiger partial charge in [0.25, 0.3) is 0 Å². The second kappa shape index (κ2) is 4.70. The van der Waals surface area contributed by atoms with Crippen molar-refractivity contribution in [1.82, 2.24) is 4.98 Å². The first-order valence-corrected chi connectivity index (χ1v) is 6.47. The first kappa shape index (κ1) is 12.2. The fourth-order valence-electron chi connectivity index (χ4n) is 2.35. The van der Waals surface area contributed by atoms with Crippen molar-refractivity contribution in [3.8, 4) is 5.75 Å². The zero-order valence-electron chi connectivity index (χ0n) is 11.0. The summed E-state index contributed by atoms with van der Waals surface area (Å²) < 4.78 is 11.0. The van der Waals surface area contributed by atoms with Crippen LogP contribution in [0.4, 0.5) is 0 Å². The molecule has 4 heteroatoms. The maximum absolute atomic E-state index is 10.3. The van der Waals surface area contributed by atoms with Crippen molar-refractivity contribution in [2.75, 3.05) is 7.11 Å². The molecule has 2 aromatic heterocycles. The molecule has 0 saturated heterocycles. The van der Waals surface area contributed by atoms with Crippen LogP contribution in [0.2, 0.25) is 0 Å². The summed E-state index contributed by atoms with van der Waals surface area (Å²) in [5.41, 5.74) is 0.481. The maximum Gasteiger partial charge on any atom is 0.157 e. The Morgan fingerprint density at radius 1 is 1.42 bits per heavy atom. The third-order valence-corrected chi connectivity index (χ3v) is 3.67. The number of methoxy groups -OCH3 is 1. The minimum atomic E-state index is -0.890. The van der Waals surface area contributed by atoms with Crippen LogP contribution >= 0.6 is 0 Å². The van der Waals surface area contributed by atoms with Crippen molar-refractivity contribution < 1.29 is 14.3 Å². The predicted molar refractivity (Wildman–Crippen MR) is 70.1 cm³/mol. The van der Waals surface area contributed by atoms with Gasteiger partial charge in [-0.1, -0.05) is 6.92 Å². The molecule has 2 heterocycles. The van der Waals surface area contributed by atoms with E-state index in [1.54, 1.807) is 25.4 Å². The fourth-order valence-corrected chi connectivity index (χ4v) is 2.35. The number of aromatic nitrogens is 1. The SMILES string of the molecule is COc1cccnc1C(O)c1ccc(C2CC2C)o1. The van der Waals surface area contributed by atoms with Gasteiger partial charge in [-0.25, -0.2) is 0 Å². The van der Waals surface area contributed by atoms with Crippen LogP contribution in [0.15, 0.2) is 34.9 Å². The quantitative estimate of drug-likeness (QED) is 0.917. The van der Waals surface area contributed by atoms with Gasteiger partial charge in [0.15, 0.2) is 6.10 Å². The molecule has 1 fully saturated rings. The number of rotatable bonds is 4. The van der Waals surface area contributed by atoms with Gasteiger partial charge >= 0.3 is 0 Å². The molecule has 1 N–H and O–H groups in total. The second-order valence-corrected chi connectivity index (χ2v) is 5.05. The number of ether oxygens (including phenoxy) is 1. The molecule has 2 aromatic rings. The zero-order chi connectivity index (χ0) is 13.4. The Kier molecular flexibility index (Phi) is 3.03. The average molecular weight is 259 g/mol.